The van der Waals surface area contributed by atoms with Crippen LogP contribution in [0.25, 0.3) is 0 Å². The Labute approximate surface area is 87.1 Å². The normalized spacial score (nSPS) is 14.8. The molecule has 1 atom stereocenters. The maximum atomic E-state index is 5.59. The summed E-state index contributed by atoms with van der Waals surface area (Å²) in [6, 6.07) is 0.00449. The van der Waals surface area contributed by atoms with Crippen LogP contribution in [0.4, 0.5) is 0 Å². The minimum absolute atomic E-state index is 0.00449. The van der Waals surface area contributed by atoms with Crippen molar-refractivity contribution in [3.05, 3.63) is 0 Å². The minimum atomic E-state index is -0.307. The molecule has 0 bridgehead atoms. The maximum absolute atomic E-state index is 5.59. The Kier molecular flexibility index (Phi) is 6.27. The Morgan fingerprint density at radius 1 is 1.36 bits per heavy atom. The van der Waals surface area contributed by atoms with E-state index in [0.717, 1.165) is 0 Å². The molecule has 0 aliphatic heterocycles. The number of hydrazine groups is 1. The van der Waals surface area contributed by atoms with Gasteiger partial charge in [-0.2, -0.15) is 0 Å². The third kappa shape index (κ3) is 4.91. The van der Waals surface area contributed by atoms with Gasteiger partial charge in [-0.15, -0.1) is 0 Å². The average Bonchev–Trinajstić information content (AvgIpc) is 2.03. The van der Waals surface area contributed by atoms with Crippen molar-refractivity contribution >= 4 is 0 Å². The molecule has 0 rings (SSSR count). The van der Waals surface area contributed by atoms with Crippen LogP contribution in [-0.2, 0) is 9.47 Å². The first kappa shape index (κ1) is 13.8. The van der Waals surface area contributed by atoms with Crippen LogP contribution in [0.2, 0.25) is 0 Å². The van der Waals surface area contributed by atoms with Crippen molar-refractivity contribution in [2.75, 3.05) is 13.2 Å². The van der Waals surface area contributed by atoms with Gasteiger partial charge in [-0.25, -0.2) is 0 Å². The standard InChI is InChI=1S/C10H24N2O2/c1-6-14-10(4,5)9(12-11)7-13-8(2)3/h8-9,12H,6-7,11H2,1-5H3. The summed E-state index contributed by atoms with van der Waals surface area (Å²) in [6.45, 7) is 11.2. The highest BCUT2D eigenvalue weighted by Crippen LogP contribution is 2.15. The second kappa shape index (κ2) is 6.35. The molecule has 86 valence electrons. The topological polar surface area (TPSA) is 56.5 Å². The molecule has 0 aromatic carbocycles. The second-order valence-electron chi connectivity index (χ2n) is 4.14. The number of nitrogens with two attached hydrogens (primary N) is 1. The van der Waals surface area contributed by atoms with Crippen molar-refractivity contribution in [1.82, 2.24) is 5.43 Å². The Balaban J connectivity index is 4.10. The summed E-state index contributed by atoms with van der Waals surface area (Å²) in [5, 5.41) is 0. The van der Waals surface area contributed by atoms with Crippen LogP contribution in [0.15, 0.2) is 0 Å². The number of rotatable bonds is 7. The fourth-order valence-corrected chi connectivity index (χ4v) is 1.21. The predicted molar refractivity (Wildman–Crippen MR) is 57.9 cm³/mol. The molecule has 0 aromatic rings. The van der Waals surface area contributed by atoms with Crippen LogP contribution in [-0.4, -0.2) is 31.0 Å². The van der Waals surface area contributed by atoms with Crippen molar-refractivity contribution in [3.8, 4) is 0 Å². The van der Waals surface area contributed by atoms with E-state index in [-0.39, 0.29) is 17.7 Å². The highest BCUT2D eigenvalue weighted by molar-refractivity contribution is 4.84. The van der Waals surface area contributed by atoms with Crippen LogP contribution < -0.4 is 11.3 Å². The van der Waals surface area contributed by atoms with Crippen LogP contribution in [0, 0.1) is 0 Å². The van der Waals surface area contributed by atoms with E-state index in [1.54, 1.807) is 0 Å². The smallest absolute Gasteiger partial charge is 0.0814 e. The summed E-state index contributed by atoms with van der Waals surface area (Å²) in [5.74, 6) is 5.47. The van der Waals surface area contributed by atoms with E-state index in [1.807, 2.05) is 34.6 Å². The van der Waals surface area contributed by atoms with Gasteiger partial charge in [0.2, 0.25) is 0 Å². The van der Waals surface area contributed by atoms with Crippen LogP contribution >= 0.6 is 0 Å². The predicted octanol–water partition coefficient (Wildman–Crippen LogP) is 1.06. The first-order chi connectivity index (χ1) is 6.44. The van der Waals surface area contributed by atoms with E-state index in [9.17, 15) is 0 Å². The van der Waals surface area contributed by atoms with Gasteiger partial charge >= 0.3 is 0 Å². The summed E-state index contributed by atoms with van der Waals surface area (Å²) in [7, 11) is 0. The summed E-state index contributed by atoms with van der Waals surface area (Å²) < 4.78 is 11.1. The van der Waals surface area contributed by atoms with Crippen molar-refractivity contribution in [1.29, 1.82) is 0 Å². The first-order valence-electron chi connectivity index (χ1n) is 5.15. The van der Waals surface area contributed by atoms with Gasteiger partial charge in [0.1, 0.15) is 0 Å². The highest BCUT2D eigenvalue weighted by atomic mass is 16.5. The van der Waals surface area contributed by atoms with Gasteiger partial charge in [0.25, 0.3) is 0 Å². The number of nitrogens with one attached hydrogen (secondary N) is 1. The van der Waals surface area contributed by atoms with E-state index in [1.165, 1.54) is 0 Å². The summed E-state index contributed by atoms with van der Waals surface area (Å²) in [6.07, 6.45) is 0.211. The Morgan fingerprint density at radius 3 is 2.29 bits per heavy atom. The zero-order chi connectivity index (χ0) is 11.2. The van der Waals surface area contributed by atoms with Crippen LogP contribution in [0.3, 0.4) is 0 Å². The van der Waals surface area contributed by atoms with Gasteiger partial charge in [0.05, 0.1) is 24.4 Å². The molecule has 0 heterocycles. The molecular formula is C10H24N2O2. The molecule has 1 unspecified atom stereocenters. The van der Waals surface area contributed by atoms with Gasteiger partial charge in [0.15, 0.2) is 0 Å². The lowest BCUT2D eigenvalue weighted by molar-refractivity contribution is -0.0672. The molecule has 0 aliphatic rings. The lowest BCUT2D eigenvalue weighted by atomic mass is 10.00. The summed E-state index contributed by atoms with van der Waals surface area (Å²) in [4.78, 5) is 0. The molecule has 0 saturated carbocycles. The number of ether oxygens (including phenoxy) is 2. The Morgan fingerprint density at radius 2 is 1.93 bits per heavy atom. The lowest BCUT2D eigenvalue weighted by Crippen LogP contribution is -2.54. The second-order valence-corrected chi connectivity index (χ2v) is 4.14. The molecule has 3 N–H and O–H groups in total. The van der Waals surface area contributed by atoms with Crippen molar-refractivity contribution in [3.63, 3.8) is 0 Å². The highest BCUT2D eigenvalue weighted by Gasteiger charge is 2.29. The molecule has 0 aliphatic carbocycles. The molecular weight excluding hydrogens is 180 g/mol. The maximum Gasteiger partial charge on any atom is 0.0814 e. The average molecular weight is 204 g/mol. The van der Waals surface area contributed by atoms with Gasteiger partial charge in [0, 0.05) is 6.61 Å². The fourth-order valence-electron chi connectivity index (χ4n) is 1.21. The van der Waals surface area contributed by atoms with E-state index in [4.69, 9.17) is 15.3 Å². The molecule has 14 heavy (non-hydrogen) atoms. The molecule has 0 amide bonds. The van der Waals surface area contributed by atoms with Gasteiger partial charge < -0.3 is 9.47 Å². The van der Waals surface area contributed by atoms with E-state index >= 15 is 0 Å². The molecule has 0 saturated heterocycles. The third-order valence-electron chi connectivity index (χ3n) is 2.15. The zero-order valence-corrected chi connectivity index (χ0v) is 9.96. The SMILES string of the molecule is CCOC(C)(C)C(COC(C)C)NN. The third-order valence-corrected chi connectivity index (χ3v) is 2.15. The molecule has 0 spiro atoms. The monoisotopic (exact) mass is 204 g/mol. The lowest BCUT2D eigenvalue weighted by Gasteiger charge is -2.33. The van der Waals surface area contributed by atoms with Crippen molar-refractivity contribution in [2.45, 2.75) is 52.4 Å². The Bertz CT molecular complexity index is 149. The van der Waals surface area contributed by atoms with E-state index < -0.39 is 0 Å². The summed E-state index contributed by atoms with van der Waals surface area (Å²) in [5.41, 5.74) is 2.43. The largest absolute Gasteiger partial charge is 0.377 e. The molecule has 0 radical (unpaired) electrons. The summed E-state index contributed by atoms with van der Waals surface area (Å²) >= 11 is 0. The van der Waals surface area contributed by atoms with Crippen LogP contribution in [0.1, 0.15) is 34.6 Å². The fraction of sp³-hybridized carbons (Fsp3) is 1.00. The van der Waals surface area contributed by atoms with Crippen molar-refractivity contribution in [2.24, 2.45) is 5.84 Å². The van der Waals surface area contributed by atoms with Crippen molar-refractivity contribution < 1.29 is 9.47 Å². The Hall–Kier alpha value is -0.160. The van der Waals surface area contributed by atoms with Gasteiger partial charge in [-0.05, 0) is 34.6 Å². The van der Waals surface area contributed by atoms with Gasteiger partial charge in [-0.1, -0.05) is 0 Å². The molecule has 0 fully saturated rings. The van der Waals surface area contributed by atoms with Crippen LogP contribution in [0.5, 0.6) is 0 Å². The zero-order valence-electron chi connectivity index (χ0n) is 9.96. The molecule has 4 nitrogen and oxygen atoms in total. The van der Waals surface area contributed by atoms with E-state index in [0.29, 0.717) is 13.2 Å². The quantitative estimate of drug-likeness (QED) is 0.481. The molecule has 4 heteroatoms. The molecule has 0 aromatic heterocycles. The number of hydrogen-bond acceptors (Lipinski definition) is 4. The number of hydrogen-bond donors (Lipinski definition) is 2. The van der Waals surface area contributed by atoms with E-state index in [2.05, 4.69) is 5.43 Å². The minimum Gasteiger partial charge on any atom is -0.377 e. The first-order valence-corrected chi connectivity index (χ1v) is 5.15. The van der Waals surface area contributed by atoms with Gasteiger partial charge in [-0.3, -0.25) is 11.3 Å².